The van der Waals surface area contributed by atoms with Crippen LogP contribution in [0.15, 0.2) is 51.4 Å². The molecule has 1 amide bonds. The van der Waals surface area contributed by atoms with Crippen molar-refractivity contribution in [1.82, 2.24) is 0 Å². The minimum absolute atomic E-state index is 0.0923. The molecule has 0 spiro atoms. The van der Waals surface area contributed by atoms with E-state index in [1.807, 2.05) is 49.4 Å². The van der Waals surface area contributed by atoms with Gasteiger partial charge in [0.05, 0.1) is 12.2 Å². The van der Waals surface area contributed by atoms with Crippen LogP contribution in [-0.4, -0.2) is 12.5 Å². The third kappa shape index (κ3) is 4.08. The van der Waals surface area contributed by atoms with Crippen molar-refractivity contribution >= 4 is 49.1 Å². The van der Waals surface area contributed by atoms with E-state index in [1.165, 1.54) is 0 Å². The smallest absolute Gasteiger partial charge is 0.243 e. The molecule has 2 rings (SSSR count). The first kappa shape index (κ1) is 15.1. The summed E-state index contributed by atoms with van der Waals surface area (Å²) in [6.07, 6.45) is 0. The van der Waals surface area contributed by atoms with Gasteiger partial charge in [0.15, 0.2) is 0 Å². The minimum Gasteiger partial charge on any atom is -0.375 e. The molecule has 104 valence electrons. The summed E-state index contributed by atoms with van der Waals surface area (Å²) in [5.74, 6) is -0.0923. The van der Waals surface area contributed by atoms with Crippen molar-refractivity contribution < 1.29 is 4.79 Å². The van der Waals surface area contributed by atoms with Crippen molar-refractivity contribution in [2.75, 3.05) is 17.2 Å². The Balaban J connectivity index is 1.96. The van der Waals surface area contributed by atoms with Crippen LogP contribution in [0.1, 0.15) is 5.56 Å². The SMILES string of the molecule is Cc1ccc(Br)c(NCC(=O)Nc2ccccc2Br)c1. The fraction of sp³-hybridized carbons (Fsp3) is 0.133. The van der Waals surface area contributed by atoms with Gasteiger partial charge in [-0.15, -0.1) is 0 Å². The van der Waals surface area contributed by atoms with Gasteiger partial charge >= 0.3 is 0 Å². The first-order valence-corrected chi connectivity index (χ1v) is 7.69. The lowest BCUT2D eigenvalue weighted by Gasteiger charge is -2.11. The zero-order valence-electron chi connectivity index (χ0n) is 10.9. The number of aryl methyl sites for hydroxylation is 1. The molecule has 2 aromatic carbocycles. The van der Waals surface area contributed by atoms with Crippen LogP contribution in [0.25, 0.3) is 0 Å². The molecule has 0 aliphatic heterocycles. The summed E-state index contributed by atoms with van der Waals surface area (Å²) in [4.78, 5) is 11.9. The molecule has 0 atom stereocenters. The Hall–Kier alpha value is -1.33. The fourth-order valence-corrected chi connectivity index (χ4v) is 2.48. The molecule has 0 radical (unpaired) electrons. The van der Waals surface area contributed by atoms with Crippen molar-refractivity contribution in [3.05, 3.63) is 57.0 Å². The Bertz CT molecular complexity index is 629. The second-order valence-corrected chi connectivity index (χ2v) is 6.07. The van der Waals surface area contributed by atoms with Gasteiger partial charge in [-0.2, -0.15) is 0 Å². The summed E-state index contributed by atoms with van der Waals surface area (Å²) >= 11 is 6.86. The molecule has 0 bridgehead atoms. The monoisotopic (exact) mass is 396 g/mol. The molecule has 2 N–H and O–H groups in total. The molecule has 0 saturated heterocycles. The number of nitrogens with one attached hydrogen (secondary N) is 2. The van der Waals surface area contributed by atoms with E-state index in [0.29, 0.717) is 0 Å². The van der Waals surface area contributed by atoms with Gasteiger partial charge in [0.25, 0.3) is 0 Å². The number of hydrogen-bond donors (Lipinski definition) is 2. The molecule has 0 fully saturated rings. The third-order valence-corrected chi connectivity index (χ3v) is 4.09. The van der Waals surface area contributed by atoms with Crippen LogP contribution in [-0.2, 0) is 4.79 Å². The van der Waals surface area contributed by atoms with Gasteiger partial charge in [-0.25, -0.2) is 0 Å². The van der Waals surface area contributed by atoms with E-state index in [-0.39, 0.29) is 12.5 Å². The highest BCUT2D eigenvalue weighted by molar-refractivity contribution is 9.11. The summed E-state index contributed by atoms with van der Waals surface area (Å²) in [7, 11) is 0. The van der Waals surface area contributed by atoms with Gasteiger partial charge in [-0.05, 0) is 68.6 Å². The number of hydrogen-bond acceptors (Lipinski definition) is 2. The van der Waals surface area contributed by atoms with Crippen LogP contribution in [0.3, 0.4) is 0 Å². The van der Waals surface area contributed by atoms with E-state index in [1.54, 1.807) is 0 Å². The van der Waals surface area contributed by atoms with Crippen molar-refractivity contribution in [2.24, 2.45) is 0 Å². The summed E-state index contributed by atoms with van der Waals surface area (Å²) in [6.45, 7) is 2.22. The molecule has 0 aromatic heterocycles. The maximum absolute atomic E-state index is 11.9. The first-order chi connectivity index (χ1) is 9.56. The molecule has 0 heterocycles. The standard InChI is InChI=1S/C15H14Br2N2O/c1-10-6-7-12(17)14(8-10)18-9-15(20)19-13-5-3-2-4-11(13)16/h2-8,18H,9H2,1H3,(H,19,20). The predicted molar refractivity (Wildman–Crippen MR) is 90.1 cm³/mol. The first-order valence-electron chi connectivity index (χ1n) is 6.10. The zero-order valence-corrected chi connectivity index (χ0v) is 14.1. The van der Waals surface area contributed by atoms with Crippen LogP contribution in [0.4, 0.5) is 11.4 Å². The van der Waals surface area contributed by atoms with Gasteiger partial charge in [0.1, 0.15) is 0 Å². The number of para-hydroxylation sites is 1. The molecule has 0 aliphatic carbocycles. The van der Waals surface area contributed by atoms with Gasteiger partial charge in [-0.3, -0.25) is 4.79 Å². The quantitative estimate of drug-likeness (QED) is 0.793. The largest absolute Gasteiger partial charge is 0.375 e. The second-order valence-electron chi connectivity index (χ2n) is 4.36. The molecule has 5 heteroatoms. The number of carbonyl (C=O) groups is 1. The molecule has 2 aromatic rings. The molecule has 0 unspecified atom stereocenters. The van der Waals surface area contributed by atoms with Crippen molar-refractivity contribution in [3.8, 4) is 0 Å². The number of anilines is 2. The maximum Gasteiger partial charge on any atom is 0.243 e. The lowest BCUT2D eigenvalue weighted by Crippen LogP contribution is -2.22. The minimum atomic E-state index is -0.0923. The Kier molecular flexibility index (Phi) is 5.20. The highest BCUT2D eigenvalue weighted by Gasteiger charge is 2.06. The van der Waals surface area contributed by atoms with Crippen LogP contribution >= 0.6 is 31.9 Å². The average Bonchev–Trinajstić information content (AvgIpc) is 2.42. The van der Waals surface area contributed by atoms with Gasteiger partial charge in [0, 0.05) is 14.6 Å². The average molecular weight is 398 g/mol. The summed E-state index contributed by atoms with van der Waals surface area (Å²) in [6, 6.07) is 13.5. The van der Waals surface area contributed by atoms with Crippen LogP contribution in [0, 0.1) is 6.92 Å². The predicted octanol–water partition coefficient (Wildman–Crippen LogP) is 4.57. The summed E-state index contributed by atoms with van der Waals surface area (Å²) in [5.41, 5.74) is 2.82. The highest BCUT2D eigenvalue weighted by Crippen LogP contribution is 2.23. The van der Waals surface area contributed by atoms with Gasteiger partial charge < -0.3 is 10.6 Å². The van der Waals surface area contributed by atoms with Crippen molar-refractivity contribution in [3.63, 3.8) is 0 Å². The van der Waals surface area contributed by atoms with E-state index >= 15 is 0 Å². The lowest BCUT2D eigenvalue weighted by atomic mass is 10.2. The number of rotatable bonds is 4. The Labute approximate surface area is 135 Å². The molecule has 0 aliphatic rings. The number of halogens is 2. The van der Waals surface area contributed by atoms with E-state index < -0.39 is 0 Å². The van der Waals surface area contributed by atoms with E-state index in [2.05, 4.69) is 42.5 Å². The maximum atomic E-state index is 11.9. The molecule has 20 heavy (non-hydrogen) atoms. The summed E-state index contributed by atoms with van der Waals surface area (Å²) in [5, 5.41) is 5.97. The molecule has 0 saturated carbocycles. The molecule has 3 nitrogen and oxygen atoms in total. The van der Waals surface area contributed by atoms with Gasteiger partial charge in [-0.1, -0.05) is 18.2 Å². The molecular formula is C15H14Br2N2O. The third-order valence-electron chi connectivity index (χ3n) is 2.71. The number of benzene rings is 2. The Morgan fingerprint density at radius 1 is 1.05 bits per heavy atom. The van der Waals surface area contributed by atoms with Crippen molar-refractivity contribution in [1.29, 1.82) is 0 Å². The second kappa shape index (κ2) is 6.90. The number of carbonyl (C=O) groups excluding carboxylic acids is 1. The van der Waals surface area contributed by atoms with Crippen molar-refractivity contribution in [2.45, 2.75) is 6.92 Å². The van der Waals surface area contributed by atoms with Crippen LogP contribution in [0.5, 0.6) is 0 Å². The highest BCUT2D eigenvalue weighted by atomic mass is 79.9. The topological polar surface area (TPSA) is 41.1 Å². The Morgan fingerprint density at radius 2 is 1.75 bits per heavy atom. The van der Waals surface area contributed by atoms with Crippen LogP contribution in [0.2, 0.25) is 0 Å². The van der Waals surface area contributed by atoms with Crippen LogP contribution < -0.4 is 10.6 Å². The van der Waals surface area contributed by atoms with E-state index in [0.717, 1.165) is 25.9 Å². The zero-order chi connectivity index (χ0) is 14.5. The van der Waals surface area contributed by atoms with E-state index in [4.69, 9.17) is 0 Å². The summed E-state index contributed by atoms with van der Waals surface area (Å²) < 4.78 is 1.81. The number of amides is 1. The molecular weight excluding hydrogens is 384 g/mol. The Morgan fingerprint density at radius 3 is 2.50 bits per heavy atom. The van der Waals surface area contributed by atoms with E-state index in [9.17, 15) is 4.79 Å². The van der Waals surface area contributed by atoms with Gasteiger partial charge in [0.2, 0.25) is 5.91 Å². The fourth-order valence-electron chi connectivity index (χ4n) is 1.71. The normalized spacial score (nSPS) is 10.2. The lowest BCUT2D eigenvalue weighted by molar-refractivity contribution is -0.114.